The predicted octanol–water partition coefficient (Wildman–Crippen LogP) is 4.28. The molecule has 4 rings (SSSR count). The molecule has 158 valence electrons. The van der Waals surface area contributed by atoms with E-state index in [0.29, 0.717) is 23.3 Å². The average Bonchev–Trinajstić information content (AvgIpc) is 3.13. The summed E-state index contributed by atoms with van der Waals surface area (Å²) in [5.41, 5.74) is 2.10. The number of ether oxygens (including phenoxy) is 1. The van der Waals surface area contributed by atoms with Crippen LogP contribution < -0.4 is 15.4 Å². The van der Waals surface area contributed by atoms with Gasteiger partial charge in [0.2, 0.25) is 11.8 Å². The summed E-state index contributed by atoms with van der Waals surface area (Å²) in [6.07, 6.45) is 5.69. The number of hydrogen-bond donors (Lipinski definition) is 3. The third-order valence-corrected chi connectivity index (χ3v) is 6.59. The molecular weight excluding hydrogens is 422 g/mol. The van der Waals surface area contributed by atoms with Gasteiger partial charge in [-0.3, -0.25) is 0 Å². The second-order valence-electron chi connectivity index (χ2n) is 7.43. The van der Waals surface area contributed by atoms with E-state index >= 15 is 0 Å². The van der Waals surface area contributed by atoms with Crippen LogP contribution in [0.15, 0.2) is 30.6 Å². The van der Waals surface area contributed by atoms with Gasteiger partial charge in [0.15, 0.2) is 0 Å². The Kier molecular flexibility index (Phi) is 6.19. The van der Waals surface area contributed by atoms with E-state index in [1.54, 1.807) is 11.3 Å². The summed E-state index contributed by atoms with van der Waals surface area (Å²) < 4.78 is 5.16. The predicted molar refractivity (Wildman–Crippen MR) is 120 cm³/mol. The van der Waals surface area contributed by atoms with Gasteiger partial charge in [0, 0.05) is 11.9 Å². The maximum absolute atomic E-state index is 11.1. The summed E-state index contributed by atoms with van der Waals surface area (Å²) in [5.74, 6) is 0.721. The van der Waals surface area contributed by atoms with Gasteiger partial charge in [-0.25, -0.2) is 9.97 Å². The molecule has 1 aliphatic heterocycles. The molecule has 0 unspecified atom stereocenters. The molecule has 1 atom stereocenters. The molecule has 0 radical (unpaired) electrons. The Labute approximate surface area is 184 Å². The average molecular weight is 446 g/mol. The first kappa shape index (κ1) is 21.0. The molecule has 1 aliphatic rings. The van der Waals surface area contributed by atoms with Crippen LogP contribution in [0.25, 0.3) is 10.4 Å². The van der Waals surface area contributed by atoms with Crippen LogP contribution in [0.4, 0.5) is 11.6 Å². The molecule has 0 amide bonds. The van der Waals surface area contributed by atoms with Crippen LogP contribution in [-0.2, 0) is 5.60 Å². The SMILES string of the molecule is COc1nc(Nc2cc(C)cc(-c3cnc([C@]4(O)CCCNCC4)s3)c2)ncc1Cl. The van der Waals surface area contributed by atoms with Gasteiger partial charge in [-0.1, -0.05) is 17.7 Å². The molecule has 3 aromatic rings. The Hall–Kier alpha value is -2.26. The van der Waals surface area contributed by atoms with Crippen molar-refractivity contribution >= 4 is 34.6 Å². The lowest BCUT2D eigenvalue weighted by atomic mass is 9.96. The van der Waals surface area contributed by atoms with Gasteiger partial charge in [-0.05, 0) is 62.5 Å². The maximum Gasteiger partial charge on any atom is 0.237 e. The van der Waals surface area contributed by atoms with E-state index in [9.17, 15) is 5.11 Å². The van der Waals surface area contributed by atoms with Crippen molar-refractivity contribution in [3.05, 3.63) is 46.2 Å². The highest BCUT2D eigenvalue weighted by molar-refractivity contribution is 7.15. The van der Waals surface area contributed by atoms with Crippen molar-refractivity contribution in [3.8, 4) is 16.3 Å². The van der Waals surface area contributed by atoms with E-state index in [-0.39, 0.29) is 0 Å². The lowest BCUT2D eigenvalue weighted by Crippen LogP contribution is -2.26. The van der Waals surface area contributed by atoms with E-state index in [1.807, 2.05) is 25.3 Å². The minimum Gasteiger partial charge on any atom is -0.480 e. The second-order valence-corrected chi connectivity index (χ2v) is 8.87. The summed E-state index contributed by atoms with van der Waals surface area (Å²) in [5, 5.41) is 18.8. The topological polar surface area (TPSA) is 92.2 Å². The number of aromatic nitrogens is 3. The first-order valence-electron chi connectivity index (χ1n) is 9.82. The van der Waals surface area contributed by atoms with Crippen molar-refractivity contribution in [3.63, 3.8) is 0 Å². The summed E-state index contributed by atoms with van der Waals surface area (Å²) in [6, 6.07) is 6.14. The molecular formula is C21H24ClN5O2S. The minimum absolute atomic E-state index is 0.320. The van der Waals surface area contributed by atoms with Crippen LogP contribution in [0.1, 0.15) is 29.8 Å². The number of halogens is 1. The van der Waals surface area contributed by atoms with Gasteiger partial charge in [-0.2, -0.15) is 4.98 Å². The number of methoxy groups -OCH3 is 1. The third kappa shape index (κ3) is 4.57. The number of aryl methyl sites for hydroxylation is 1. The van der Waals surface area contributed by atoms with Crippen molar-refractivity contribution in [1.29, 1.82) is 0 Å². The largest absolute Gasteiger partial charge is 0.480 e. The fourth-order valence-corrected chi connectivity index (χ4v) is 4.79. The van der Waals surface area contributed by atoms with Crippen LogP contribution >= 0.6 is 22.9 Å². The number of anilines is 2. The maximum atomic E-state index is 11.1. The fourth-order valence-electron chi connectivity index (χ4n) is 3.57. The Morgan fingerprint density at radius 2 is 2.07 bits per heavy atom. The van der Waals surface area contributed by atoms with Gasteiger partial charge < -0.3 is 20.5 Å². The number of rotatable bonds is 5. The van der Waals surface area contributed by atoms with E-state index in [2.05, 4.69) is 31.7 Å². The normalized spacial score (nSPS) is 19.3. The first-order valence-corrected chi connectivity index (χ1v) is 11.0. The summed E-state index contributed by atoms with van der Waals surface area (Å²) >= 11 is 7.56. The smallest absolute Gasteiger partial charge is 0.237 e. The lowest BCUT2D eigenvalue weighted by molar-refractivity contribution is 0.0238. The van der Waals surface area contributed by atoms with Crippen LogP contribution in [0.5, 0.6) is 5.88 Å². The molecule has 0 spiro atoms. The number of thiazole rings is 1. The molecule has 3 N–H and O–H groups in total. The third-order valence-electron chi connectivity index (χ3n) is 5.09. The summed E-state index contributed by atoms with van der Waals surface area (Å²) in [4.78, 5) is 14.1. The minimum atomic E-state index is -0.856. The number of nitrogens with zero attached hydrogens (tertiary/aromatic N) is 3. The van der Waals surface area contributed by atoms with Crippen LogP contribution in [-0.4, -0.2) is 40.3 Å². The van der Waals surface area contributed by atoms with Gasteiger partial charge in [-0.15, -0.1) is 11.3 Å². The molecule has 1 fully saturated rings. The lowest BCUT2D eigenvalue weighted by Gasteiger charge is -2.23. The Morgan fingerprint density at radius 1 is 1.20 bits per heavy atom. The first-order chi connectivity index (χ1) is 14.5. The quantitative estimate of drug-likeness (QED) is 0.539. The summed E-state index contributed by atoms with van der Waals surface area (Å²) in [6.45, 7) is 3.77. The number of benzene rings is 1. The van der Waals surface area contributed by atoms with Crippen molar-refractivity contribution < 1.29 is 9.84 Å². The number of nitrogens with one attached hydrogen (secondary N) is 2. The molecule has 1 saturated heterocycles. The zero-order valence-electron chi connectivity index (χ0n) is 16.9. The number of aliphatic hydroxyl groups is 1. The molecule has 1 aromatic carbocycles. The van der Waals surface area contributed by atoms with Gasteiger partial charge in [0.1, 0.15) is 15.6 Å². The Morgan fingerprint density at radius 3 is 2.90 bits per heavy atom. The van der Waals surface area contributed by atoms with Crippen molar-refractivity contribution in [2.75, 3.05) is 25.5 Å². The highest BCUT2D eigenvalue weighted by atomic mass is 35.5. The molecule has 3 heterocycles. The highest BCUT2D eigenvalue weighted by Gasteiger charge is 2.33. The molecule has 9 heteroatoms. The molecule has 30 heavy (non-hydrogen) atoms. The van der Waals surface area contributed by atoms with Crippen molar-refractivity contribution in [2.24, 2.45) is 0 Å². The molecule has 0 saturated carbocycles. The monoisotopic (exact) mass is 445 g/mol. The number of hydrogen-bond acceptors (Lipinski definition) is 8. The van der Waals surface area contributed by atoms with Crippen LogP contribution in [0.2, 0.25) is 5.02 Å². The zero-order valence-corrected chi connectivity index (χ0v) is 18.5. The van der Waals surface area contributed by atoms with Crippen molar-refractivity contribution in [2.45, 2.75) is 31.8 Å². The molecule has 2 aromatic heterocycles. The summed E-state index contributed by atoms with van der Waals surface area (Å²) in [7, 11) is 1.52. The van der Waals surface area contributed by atoms with Crippen molar-refractivity contribution in [1.82, 2.24) is 20.3 Å². The van der Waals surface area contributed by atoms with Gasteiger partial charge in [0.25, 0.3) is 0 Å². The molecule has 0 aliphatic carbocycles. The standard InChI is InChI=1S/C21H24ClN5O2S/c1-13-8-14(10-15(9-13)26-20-25-11-16(22)18(27-20)29-2)17-12-24-19(30-17)21(28)4-3-6-23-7-5-21/h8-12,23,28H,3-7H2,1-2H3,(H,25,26,27)/t21-/m0/s1. The molecule has 7 nitrogen and oxygen atoms in total. The highest BCUT2D eigenvalue weighted by Crippen LogP contribution is 2.38. The Balaban J connectivity index is 1.60. The van der Waals surface area contributed by atoms with Crippen LogP contribution in [0.3, 0.4) is 0 Å². The van der Waals surface area contributed by atoms with E-state index in [4.69, 9.17) is 16.3 Å². The second kappa shape index (κ2) is 8.85. The van der Waals surface area contributed by atoms with Crippen LogP contribution in [0, 0.1) is 6.92 Å². The molecule has 0 bridgehead atoms. The van der Waals surface area contributed by atoms with E-state index < -0.39 is 5.60 Å². The van der Waals surface area contributed by atoms with E-state index in [0.717, 1.165) is 52.6 Å². The van der Waals surface area contributed by atoms with Gasteiger partial charge >= 0.3 is 0 Å². The van der Waals surface area contributed by atoms with Gasteiger partial charge in [0.05, 0.1) is 18.2 Å². The zero-order chi connectivity index (χ0) is 21.1. The Bertz CT molecular complexity index is 1030. The van der Waals surface area contributed by atoms with E-state index in [1.165, 1.54) is 13.3 Å². The fraction of sp³-hybridized carbons (Fsp3) is 0.381.